The van der Waals surface area contributed by atoms with Gasteiger partial charge in [0.1, 0.15) is 12.4 Å². The smallest absolute Gasteiger partial charge is 0.343 e. The lowest BCUT2D eigenvalue weighted by Gasteiger charge is -2.34. The first kappa shape index (κ1) is 23.4. The number of rotatable bonds is 8. The average Bonchev–Trinajstić information content (AvgIpc) is 3.52. The summed E-state index contributed by atoms with van der Waals surface area (Å²) in [6.45, 7) is 3.22. The number of piperidine rings is 1. The van der Waals surface area contributed by atoms with E-state index >= 15 is 0 Å². The SMILES string of the molecule is Cc1cc(NC(=O)C(COC(=O)C(O)(c2ccccc2)C2CCCC2)[C@H]2CCCNC2)no1. The number of carbonyl (C=O) groups is 2. The van der Waals surface area contributed by atoms with Crippen molar-refractivity contribution in [2.75, 3.05) is 25.0 Å². The Labute approximate surface area is 194 Å². The molecule has 2 fully saturated rings. The van der Waals surface area contributed by atoms with E-state index in [0.29, 0.717) is 23.7 Å². The first-order valence-corrected chi connectivity index (χ1v) is 11.9. The summed E-state index contributed by atoms with van der Waals surface area (Å²) in [5.74, 6) is -0.776. The third kappa shape index (κ3) is 5.28. The summed E-state index contributed by atoms with van der Waals surface area (Å²) in [6, 6.07) is 10.7. The molecular weight excluding hydrogens is 422 g/mol. The summed E-state index contributed by atoms with van der Waals surface area (Å²) in [7, 11) is 0. The van der Waals surface area contributed by atoms with E-state index in [1.165, 1.54) is 0 Å². The Balaban J connectivity index is 1.51. The number of amides is 1. The molecule has 8 nitrogen and oxygen atoms in total. The number of hydrogen-bond acceptors (Lipinski definition) is 7. The highest BCUT2D eigenvalue weighted by Gasteiger charge is 2.48. The zero-order valence-corrected chi connectivity index (χ0v) is 19.1. The maximum atomic E-state index is 13.4. The van der Waals surface area contributed by atoms with Crippen LogP contribution in [0, 0.1) is 24.7 Å². The number of aromatic nitrogens is 1. The molecule has 1 aromatic heterocycles. The number of nitrogens with zero attached hydrogens (tertiary/aromatic N) is 1. The molecule has 2 aromatic rings. The van der Waals surface area contributed by atoms with E-state index in [-0.39, 0.29) is 24.3 Å². The minimum absolute atomic E-state index is 0.0100. The number of ether oxygens (including phenoxy) is 1. The van der Waals surface area contributed by atoms with Gasteiger partial charge in [0.15, 0.2) is 11.4 Å². The van der Waals surface area contributed by atoms with Gasteiger partial charge in [0.05, 0.1) is 5.92 Å². The Morgan fingerprint density at radius 3 is 2.64 bits per heavy atom. The third-order valence-corrected chi connectivity index (χ3v) is 6.99. The number of benzene rings is 1. The molecule has 0 bridgehead atoms. The van der Waals surface area contributed by atoms with Gasteiger partial charge < -0.3 is 25.0 Å². The van der Waals surface area contributed by atoms with Crippen LogP contribution in [0.25, 0.3) is 0 Å². The minimum atomic E-state index is -1.72. The Bertz CT molecular complexity index is 935. The Morgan fingerprint density at radius 2 is 2.00 bits per heavy atom. The molecule has 1 amide bonds. The molecule has 0 spiro atoms. The van der Waals surface area contributed by atoms with Crippen LogP contribution in [-0.2, 0) is 19.9 Å². The normalized spacial score (nSPS) is 21.8. The Morgan fingerprint density at radius 1 is 1.24 bits per heavy atom. The molecule has 1 aliphatic carbocycles. The molecule has 178 valence electrons. The van der Waals surface area contributed by atoms with E-state index in [9.17, 15) is 14.7 Å². The second-order valence-electron chi connectivity index (χ2n) is 9.24. The van der Waals surface area contributed by atoms with Crippen LogP contribution in [0.3, 0.4) is 0 Å². The maximum Gasteiger partial charge on any atom is 0.343 e. The zero-order valence-electron chi connectivity index (χ0n) is 19.1. The number of esters is 1. The molecule has 3 N–H and O–H groups in total. The van der Waals surface area contributed by atoms with Crippen LogP contribution in [0.5, 0.6) is 0 Å². The van der Waals surface area contributed by atoms with Crippen molar-refractivity contribution in [3.05, 3.63) is 47.7 Å². The van der Waals surface area contributed by atoms with Crippen LogP contribution in [0.1, 0.15) is 49.8 Å². The summed E-state index contributed by atoms with van der Waals surface area (Å²) in [5.41, 5.74) is -1.17. The highest BCUT2D eigenvalue weighted by atomic mass is 16.6. The highest BCUT2D eigenvalue weighted by molar-refractivity contribution is 5.92. The average molecular weight is 456 g/mol. The van der Waals surface area contributed by atoms with Crippen molar-refractivity contribution in [2.24, 2.45) is 17.8 Å². The molecule has 2 aliphatic rings. The number of aryl methyl sites for hydroxylation is 1. The molecular formula is C25H33N3O5. The number of carbonyl (C=O) groups excluding carboxylic acids is 2. The van der Waals surface area contributed by atoms with Gasteiger partial charge in [-0.15, -0.1) is 0 Å². The van der Waals surface area contributed by atoms with Gasteiger partial charge in [-0.05, 0) is 57.2 Å². The fourth-order valence-corrected chi connectivity index (χ4v) is 5.12. The van der Waals surface area contributed by atoms with Gasteiger partial charge in [0, 0.05) is 12.0 Å². The van der Waals surface area contributed by atoms with E-state index in [4.69, 9.17) is 9.26 Å². The molecule has 3 atom stereocenters. The maximum absolute atomic E-state index is 13.4. The van der Waals surface area contributed by atoms with Gasteiger partial charge in [0.2, 0.25) is 5.91 Å². The molecule has 0 radical (unpaired) electrons. The molecule has 1 saturated carbocycles. The first-order valence-electron chi connectivity index (χ1n) is 11.9. The van der Waals surface area contributed by atoms with Gasteiger partial charge in [-0.1, -0.05) is 48.3 Å². The molecule has 2 unspecified atom stereocenters. The molecule has 2 heterocycles. The molecule has 4 rings (SSSR count). The molecule has 33 heavy (non-hydrogen) atoms. The number of aliphatic hydroxyl groups is 1. The Hall–Kier alpha value is -2.71. The second kappa shape index (κ2) is 10.5. The van der Waals surface area contributed by atoms with Crippen molar-refractivity contribution in [1.29, 1.82) is 0 Å². The molecule has 1 saturated heterocycles. The van der Waals surface area contributed by atoms with Gasteiger partial charge >= 0.3 is 5.97 Å². The first-order chi connectivity index (χ1) is 16.0. The van der Waals surface area contributed by atoms with Crippen molar-refractivity contribution >= 4 is 17.7 Å². The van der Waals surface area contributed by atoms with Crippen LogP contribution in [0.4, 0.5) is 5.82 Å². The van der Waals surface area contributed by atoms with E-state index in [2.05, 4.69) is 15.8 Å². The number of hydrogen-bond donors (Lipinski definition) is 3. The topological polar surface area (TPSA) is 114 Å². The van der Waals surface area contributed by atoms with Crippen LogP contribution in [-0.4, -0.2) is 41.8 Å². The van der Waals surface area contributed by atoms with Gasteiger partial charge in [-0.2, -0.15) is 0 Å². The van der Waals surface area contributed by atoms with E-state index < -0.39 is 17.5 Å². The van der Waals surface area contributed by atoms with E-state index in [1.54, 1.807) is 25.1 Å². The van der Waals surface area contributed by atoms with Crippen molar-refractivity contribution in [2.45, 2.75) is 51.0 Å². The lowest BCUT2D eigenvalue weighted by Crippen LogP contribution is -2.46. The van der Waals surface area contributed by atoms with E-state index in [1.807, 2.05) is 18.2 Å². The number of anilines is 1. The van der Waals surface area contributed by atoms with Crippen molar-refractivity contribution in [1.82, 2.24) is 10.5 Å². The molecule has 8 heteroatoms. The van der Waals surface area contributed by atoms with E-state index in [0.717, 1.165) is 45.1 Å². The quantitative estimate of drug-likeness (QED) is 0.524. The summed E-state index contributed by atoms with van der Waals surface area (Å²) in [5, 5.41) is 21.6. The predicted octanol–water partition coefficient (Wildman–Crippen LogP) is 3.16. The highest BCUT2D eigenvalue weighted by Crippen LogP contribution is 2.41. The van der Waals surface area contributed by atoms with Crippen LogP contribution < -0.4 is 10.6 Å². The summed E-state index contributed by atoms with van der Waals surface area (Å²) in [4.78, 5) is 26.5. The summed E-state index contributed by atoms with van der Waals surface area (Å²) < 4.78 is 10.8. The fraction of sp³-hybridized carbons (Fsp3) is 0.560. The predicted molar refractivity (Wildman–Crippen MR) is 122 cm³/mol. The largest absolute Gasteiger partial charge is 0.462 e. The monoisotopic (exact) mass is 455 g/mol. The molecule has 1 aromatic carbocycles. The van der Waals surface area contributed by atoms with Gasteiger partial charge in [-0.3, -0.25) is 4.79 Å². The second-order valence-corrected chi connectivity index (χ2v) is 9.24. The minimum Gasteiger partial charge on any atom is -0.462 e. The molecule has 1 aliphatic heterocycles. The zero-order chi connectivity index (χ0) is 23.3. The lowest BCUT2D eigenvalue weighted by atomic mass is 9.80. The van der Waals surface area contributed by atoms with Gasteiger partial charge in [-0.25, -0.2) is 4.79 Å². The lowest BCUT2D eigenvalue weighted by molar-refractivity contribution is -0.176. The Kier molecular flexibility index (Phi) is 7.45. The standard InChI is InChI=1S/C25H33N3O5/c1-17-14-22(28-33-17)27-23(29)21(18-8-7-13-26-15-18)16-32-24(30)25(31,20-11-5-6-12-20)19-9-3-2-4-10-19/h2-4,9-10,14,18,20-21,26,31H,5-8,11-13,15-16H2,1H3,(H,27,28,29)/t18-,21?,25?/m0/s1. The van der Waals surface area contributed by atoms with Crippen molar-refractivity contribution in [3.63, 3.8) is 0 Å². The summed E-state index contributed by atoms with van der Waals surface area (Å²) in [6.07, 6.45) is 5.28. The van der Waals surface area contributed by atoms with Crippen LogP contribution in [0.15, 0.2) is 40.9 Å². The van der Waals surface area contributed by atoms with Crippen LogP contribution in [0.2, 0.25) is 0 Å². The summed E-state index contributed by atoms with van der Waals surface area (Å²) >= 11 is 0. The van der Waals surface area contributed by atoms with Crippen LogP contribution >= 0.6 is 0 Å². The van der Waals surface area contributed by atoms with Crippen molar-refractivity contribution in [3.8, 4) is 0 Å². The van der Waals surface area contributed by atoms with Gasteiger partial charge in [0.25, 0.3) is 0 Å². The van der Waals surface area contributed by atoms with Crippen molar-refractivity contribution < 1.29 is 24.0 Å². The third-order valence-electron chi connectivity index (χ3n) is 6.99. The number of nitrogens with one attached hydrogen (secondary N) is 2. The fourth-order valence-electron chi connectivity index (χ4n) is 5.12.